The minimum Gasteiger partial charge on any atom is -0.309 e. The summed E-state index contributed by atoms with van der Waals surface area (Å²) < 4.78 is 2.42. The minimum atomic E-state index is 0.602. The Bertz CT molecular complexity index is 4000. The van der Waals surface area contributed by atoms with Crippen molar-refractivity contribution in [2.75, 3.05) is 0 Å². The summed E-state index contributed by atoms with van der Waals surface area (Å²) in [7, 11) is 0. The van der Waals surface area contributed by atoms with Crippen molar-refractivity contribution in [2.24, 2.45) is 0 Å². The summed E-state index contributed by atoms with van der Waals surface area (Å²) >= 11 is 0. The van der Waals surface area contributed by atoms with E-state index in [-0.39, 0.29) is 0 Å². The number of hydrogen-bond donors (Lipinski definition) is 0. The highest BCUT2D eigenvalue weighted by Gasteiger charge is 2.20. The summed E-state index contributed by atoms with van der Waals surface area (Å²) in [4.78, 5) is 16.1. The van der Waals surface area contributed by atoms with Gasteiger partial charge in [0.05, 0.1) is 11.0 Å². The van der Waals surface area contributed by atoms with Gasteiger partial charge in [0, 0.05) is 33.2 Å². The molecule has 302 valence electrons. The molecule has 4 nitrogen and oxygen atoms in total. The van der Waals surface area contributed by atoms with Crippen molar-refractivity contribution in [3.05, 3.63) is 231 Å². The number of benzene rings is 11. The summed E-state index contributed by atoms with van der Waals surface area (Å²) in [5.74, 6) is 1.85. The molecule has 0 aliphatic heterocycles. The van der Waals surface area contributed by atoms with Crippen LogP contribution >= 0.6 is 0 Å². The van der Waals surface area contributed by atoms with Gasteiger partial charge in [0.2, 0.25) is 0 Å². The molecule has 2 aromatic heterocycles. The van der Waals surface area contributed by atoms with Gasteiger partial charge in [-0.15, -0.1) is 0 Å². The molecule has 0 N–H and O–H groups in total. The lowest BCUT2D eigenvalue weighted by Crippen LogP contribution is -2.02. The molecule has 0 spiro atoms. The molecule has 2 heterocycles. The van der Waals surface area contributed by atoms with Crippen LogP contribution in [0.3, 0.4) is 0 Å². The third kappa shape index (κ3) is 6.18. The van der Waals surface area contributed by atoms with Gasteiger partial charge in [0.1, 0.15) is 0 Å². The lowest BCUT2D eigenvalue weighted by molar-refractivity contribution is 1.07. The molecule has 0 aliphatic rings. The molecule has 0 fully saturated rings. The van der Waals surface area contributed by atoms with Crippen molar-refractivity contribution in [3.63, 3.8) is 0 Å². The van der Waals surface area contributed by atoms with Gasteiger partial charge in [-0.1, -0.05) is 188 Å². The topological polar surface area (TPSA) is 43.6 Å². The second kappa shape index (κ2) is 15.0. The molecule has 0 saturated carbocycles. The first-order valence-electron chi connectivity index (χ1n) is 22.1. The fourth-order valence-corrected chi connectivity index (χ4v) is 9.96. The average molecular weight is 827 g/mol. The maximum Gasteiger partial charge on any atom is 0.164 e. The Morgan fingerprint density at radius 2 is 0.723 bits per heavy atom. The van der Waals surface area contributed by atoms with Gasteiger partial charge in [-0.05, 0) is 108 Å². The molecule has 0 radical (unpaired) electrons. The first-order valence-corrected chi connectivity index (χ1v) is 22.1. The van der Waals surface area contributed by atoms with Crippen molar-refractivity contribution < 1.29 is 0 Å². The maximum absolute atomic E-state index is 5.47. The predicted molar refractivity (Wildman–Crippen MR) is 271 cm³/mol. The van der Waals surface area contributed by atoms with Crippen LogP contribution in [0.1, 0.15) is 0 Å². The molecule has 11 aromatic carbocycles. The van der Waals surface area contributed by atoms with E-state index in [2.05, 4.69) is 217 Å². The molecule has 0 amide bonds. The lowest BCUT2D eigenvalue weighted by Gasteiger charge is -2.17. The standard InChI is InChI=1S/C61H38N4/c1-3-17-39(18-4-1)41-31-32-54-53-29-15-16-30-57(53)65(58(54)38-41)46-34-44(55-36-42-21-7-9-23-47(42)49-25-11-13-27-51(49)55)33-45(35-46)60-62-59(40-19-5-2-6-20-40)63-61(64-60)56-37-43-22-8-10-24-48(43)50-26-12-14-28-52(50)56/h1-38H. The summed E-state index contributed by atoms with van der Waals surface area (Å²) in [5.41, 5.74) is 10.6. The van der Waals surface area contributed by atoms with Crippen LogP contribution in [0.4, 0.5) is 0 Å². The molecule has 0 bridgehead atoms. The van der Waals surface area contributed by atoms with Crippen LogP contribution in [-0.2, 0) is 0 Å². The monoisotopic (exact) mass is 826 g/mol. The zero-order valence-corrected chi connectivity index (χ0v) is 35.2. The SMILES string of the molecule is c1ccc(-c2ccc3c4ccccc4n(-c4cc(-c5nc(-c6ccccc6)nc(-c6cc7ccccc7c7ccccc67)n5)cc(-c5cc6ccccc6c6ccccc56)c4)c3c2)cc1. The molecular formula is C61H38N4. The van der Waals surface area contributed by atoms with Gasteiger partial charge in [0.15, 0.2) is 17.5 Å². The molecule has 65 heavy (non-hydrogen) atoms. The largest absolute Gasteiger partial charge is 0.309 e. The molecule has 0 saturated heterocycles. The molecule has 13 rings (SSSR count). The van der Waals surface area contributed by atoms with Gasteiger partial charge >= 0.3 is 0 Å². The van der Waals surface area contributed by atoms with E-state index in [4.69, 9.17) is 15.0 Å². The molecule has 4 heteroatoms. The van der Waals surface area contributed by atoms with Crippen molar-refractivity contribution in [3.8, 4) is 62.1 Å². The van der Waals surface area contributed by atoms with Gasteiger partial charge in [-0.3, -0.25) is 0 Å². The molecular weight excluding hydrogens is 789 g/mol. The molecule has 0 aliphatic carbocycles. The summed E-state index contributed by atoms with van der Waals surface area (Å²) in [6.07, 6.45) is 0. The predicted octanol–water partition coefficient (Wildman–Crippen LogP) is 15.9. The van der Waals surface area contributed by atoms with E-state index in [1.54, 1.807) is 0 Å². The Kier molecular flexibility index (Phi) is 8.50. The Morgan fingerprint density at radius 1 is 0.246 bits per heavy atom. The van der Waals surface area contributed by atoms with Gasteiger partial charge < -0.3 is 4.57 Å². The van der Waals surface area contributed by atoms with Crippen molar-refractivity contribution >= 4 is 64.9 Å². The fraction of sp³-hybridized carbons (Fsp3) is 0. The van der Waals surface area contributed by atoms with E-state index >= 15 is 0 Å². The van der Waals surface area contributed by atoms with E-state index in [9.17, 15) is 0 Å². The van der Waals surface area contributed by atoms with E-state index in [0.717, 1.165) is 66.3 Å². The van der Waals surface area contributed by atoms with E-state index in [1.807, 2.05) is 18.2 Å². The first-order chi connectivity index (χ1) is 32.2. The minimum absolute atomic E-state index is 0.602. The molecule has 0 atom stereocenters. The average Bonchev–Trinajstić information content (AvgIpc) is 3.72. The Labute approximate surface area is 375 Å². The van der Waals surface area contributed by atoms with Crippen LogP contribution in [0, 0.1) is 0 Å². The van der Waals surface area contributed by atoms with Crippen molar-refractivity contribution in [1.82, 2.24) is 19.5 Å². The number of fused-ring (bicyclic) bond motifs is 9. The van der Waals surface area contributed by atoms with Crippen LogP contribution in [0.15, 0.2) is 231 Å². The highest BCUT2D eigenvalue weighted by atomic mass is 15.0. The summed E-state index contributed by atoms with van der Waals surface area (Å²) in [6, 6.07) is 82.5. The number of rotatable bonds is 6. The third-order valence-electron chi connectivity index (χ3n) is 13.0. The zero-order valence-electron chi connectivity index (χ0n) is 35.2. The fourth-order valence-electron chi connectivity index (χ4n) is 9.96. The second-order valence-corrected chi connectivity index (χ2v) is 16.8. The highest BCUT2D eigenvalue weighted by Crippen LogP contribution is 2.41. The third-order valence-corrected chi connectivity index (χ3v) is 13.0. The Balaban J connectivity index is 1.13. The normalized spacial score (nSPS) is 11.7. The number of nitrogens with zero attached hydrogens (tertiary/aromatic N) is 4. The maximum atomic E-state index is 5.47. The van der Waals surface area contributed by atoms with Crippen molar-refractivity contribution in [1.29, 1.82) is 0 Å². The first kappa shape index (κ1) is 36.9. The van der Waals surface area contributed by atoms with Crippen LogP contribution in [0.2, 0.25) is 0 Å². The quantitative estimate of drug-likeness (QED) is 0.157. The van der Waals surface area contributed by atoms with Gasteiger partial charge in [-0.2, -0.15) is 0 Å². The smallest absolute Gasteiger partial charge is 0.164 e. The van der Waals surface area contributed by atoms with Gasteiger partial charge in [-0.25, -0.2) is 15.0 Å². The van der Waals surface area contributed by atoms with Crippen LogP contribution in [0.25, 0.3) is 127 Å². The summed E-state index contributed by atoms with van der Waals surface area (Å²) in [6.45, 7) is 0. The van der Waals surface area contributed by atoms with E-state index in [1.165, 1.54) is 43.3 Å². The van der Waals surface area contributed by atoms with Gasteiger partial charge in [0.25, 0.3) is 0 Å². The van der Waals surface area contributed by atoms with Crippen LogP contribution < -0.4 is 0 Å². The molecule has 13 aromatic rings. The van der Waals surface area contributed by atoms with E-state index < -0.39 is 0 Å². The molecule has 0 unspecified atom stereocenters. The Morgan fingerprint density at radius 3 is 1.40 bits per heavy atom. The second-order valence-electron chi connectivity index (χ2n) is 16.8. The van der Waals surface area contributed by atoms with Crippen LogP contribution in [-0.4, -0.2) is 19.5 Å². The lowest BCUT2D eigenvalue weighted by atomic mass is 9.92. The number of hydrogen-bond acceptors (Lipinski definition) is 3. The highest BCUT2D eigenvalue weighted by molar-refractivity contribution is 6.15. The number of para-hydroxylation sites is 1. The Hall–Kier alpha value is -8.73. The number of aromatic nitrogens is 4. The van der Waals surface area contributed by atoms with E-state index in [0.29, 0.717) is 17.5 Å². The summed E-state index contributed by atoms with van der Waals surface area (Å²) in [5, 5.41) is 11.8. The van der Waals surface area contributed by atoms with Crippen LogP contribution in [0.5, 0.6) is 0 Å². The zero-order chi connectivity index (χ0) is 42.8. The van der Waals surface area contributed by atoms with Crippen molar-refractivity contribution in [2.45, 2.75) is 0 Å².